The highest BCUT2D eigenvalue weighted by Gasteiger charge is 2.09. The van der Waals surface area contributed by atoms with Gasteiger partial charge in [-0.25, -0.2) is 15.0 Å². The van der Waals surface area contributed by atoms with Gasteiger partial charge >= 0.3 is 0 Å². The summed E-state index contributed by atoms with van der Waals surface area (Å²) in [5.74, 6) is 0.771. The first-order valence-electron chi connectivity index (χ1n) is 4.51. The van der Waals surface area contributed by atoms with Crippen molar-refractivity contribution in [3.8, 4) is 0 Å². The summed E-state index contributed by atoms with van der Waals surface area (Å²) in [6, 6.07) is 0. The molecule has 0 unspecified atom stereocenters. The van der Waals surface area contributed by atoms with Crippen molar-refractivity contribution in [1.82, 2.24) is 19.9 Å². The van der Waals surface area contributed by atoms with E-state index in [2.05, 4.69) is 33.8 Å². The largest absolute Gasteiger partial charge is 0.341 e. The first-order valence-corrected chi connectivity index (χ1v) is 5.39. The minimum atomic E-state index is 0.510. The Morgan fingerprint density at radius 2 is 2.14 bits per heavy atom. The third-order valence-electron chi connectivity index (χ3n) is 1.71. The van der Waals surface area contributed by atoms with E-state index in [1.54, 1.807) is 18.1 Å². The summed E-state index contributed by atoms with van der Waals surface area (Å²) in [6.45, 7) is 6.17. The van der Waals surface area contributed by atoms with Crippen molar-refractivity contribution in [3.05, 3.63) is 12.2 Å². The lowest BCUT2D eigenvalue weighted by molar-refractivity contribution is 0.990. The van der Waals surface area contributed by atoms with E-state index in [4.69, 9.17) is 0 Å². The van der Waals surface area contributed by atoms with Crippen LogP contribution in [0.15, 0.2) is 11.4 Å². The number of hydrogen-bond donors (Lipinski definition) is 1. The van der Waals surface area contributed by atoms with E-state index in [1.165, 1.54) is 0 Å². The molecule has 0 saturated heterocycles. The molecule has 0 saturated carbocycles. The van der Waals surface area contributed by atoms with Crippen molar-refractivity contribution in [2.24, 2.45) is 0 Å². The summed E-state index contributed by atoms with van der Waals surface area (Å²) in [7, 11) is 0. The van der Waals surface area contributed by atoms with Crippen LogP contribution in [0.3, 0.4) is 0 Å². The number of thioether (sulfide) groups is 1. The molecule has 5 heteroatoms. The third kappa shape index (κ3) is 1.72. The number of hydrogen-bond acceptors (Lipinski definition) is 4. The van der Waals surface area contributed by atoms with E-state index in [-0.39, 0.29) is 0 Å². The number of aryl methyl sites for hydroxylation is 1. The number of rotatable bonds is 2. The van der Waals surface area contributed by atoms with Crippen LogP contribution in [0, 0.1) is 6.92 Å². The topological polar surface area (TPSA) is 54.5 Å². The van der Waals surface area contributed by atoms with Gasteiger partial charge in [0, 0.05) is 5.25 Å². The average Bonchev–Trinajstić information content (AvgIpc) is 2.50. The molecule has 0 spiro atoms. The Balaban J connectivity index is 2.55. The van der Waals surface area contributed by atoms with Crippen molar-refractivity contribution in [1.29, 1.82) is 0 Å². The average molecular weight is 208 g/mol. The molecule has 2 aromatic rings. The maximum Gasteiger partial charge on any atom is 0.181 e. The van der Waals surface area contributed by atoms with E-state index < -0.39 is 0 Å². The van der Waals surface area contributed by atoms with Crippen LogP contribution in [-0.4, -0.2) is 25.2 Å². The first kappa shape index (κ1) is 9.45. The molecular weight excluding hydrogens is 196 g/mol. The molecule has 4 nitrogen and oxygen atoms in total. The molecule has 0 aliphatic carbocycles. The van der Waals surface area contributed by atoms with Gasteiger partial charge in [-0.3, -0.25) is 0 Å². The zero-order chi connectivity index (χ0) is 10.1. The van der Waals surface area contributed by atoms with Crippen LogP contribution in [0.4, 0.5) is 0 Å². The minimum Gasteiger partial charge on any atom is -0.341 e. The van der Waals surface area contributed by atoms with Gasteiger partial charge in [0.05, 0.1) is 6.33 Å². The molecule has 0 amide bonds. The fraction of sp³-hybridized carbons (Fsp3) is 0.444. The van der Waals surface area contributed by atoms with E-state index >= 15 is 0 Å². The highest BCUT2D eigenvalue weighted by atomic mass is 32.2. The standard InChI is InChI=1S/C9H12N4S/c1-5(2)14-9-7-8(11-4-10-7)12-6(3)13-9/h4-5H,1-3H3,(H,10,11,12,13). The van der Waals surface area contributed by atoms with Crippen molar-refractivity contribution < 1.29 is 0 Å². The summed E-state index contributed by atoms with van der Waals surface area (Å²) in [5, 5.41) is 1.50. The molecule has 2 aromatic heterocycles. The molecule has 0 aromatic carbocycles. The highest BCUT2D eigenvalue weighted by Crippen LogP contribution is 2.26. The summed E-state index contributed by atoms with van der Waals surface area (Å²) >= 11 is 1.72. The molecule has 0 bridgehead atoms. The summed E-state index contributed by atoms with van der Waals surface area (Å²) < 4.78 is 0. The SMILES string of the molecule is Cc1nc(SC(C)C)c2[nH]cnc2n1. The van der Waals surface area contributed by atoms with Gasteiger partial charge in [-0.15, -0.1) is 11.8 Å². The van der Waals surface area contributed by atoms with Gasteiger partial charge in [0.15, 0.2) is 5.65 Å². The summed E-state index contributed by atoms with van der Waals surface area (Å²) in [6.07, 6.45) is 1.66. The second kappa shape index (κ2) is 3.57. The van der Waals surface area contributed by atoms with Gasteiger partial charge in [0.2, 0.25) is 0 Å². The quantitative estimate of drug-likeness (QED) is 0.607. The van der Waals surface area contributed by atoms with Crippen molar-refractivity contribution >= 4 is 22.9 Å². The highest BCUT2D eigenvalue weighted by molar-refractivity contribution is 8.00. The minimum absolute atomic E-state index is 0.510. The van der Waals surface area contributed by atoms with Crippen molar-refractivity contribution in [2.75, 3.05) is 0 Å². The van der Waals surface area contributed by atoms with Gasteiger partial charge < -0.3 is 4.98 Å². The van der Waals surface area contributed by atoms with E-state index in [1.807, 2.05) is 6.92 Å². The Labute approximate surface area is 86.6 Å². The van der Waals surface area contributed by atoms with Crippen molar-refractivity contribution in [3.63, 3.8) is 0 Å². The van der Waals surface area contributed by atoms with E-state index in [9.17, 15) is 0 Å². The summed E-state index contributed by atoms with van der Waals surface area (Å²) in [5.41, 5.74) is 1.69. The third-order valence-corrected chi connectivity index (χ3v) is 2.70. The molecule has 0 aliphatic heterocycles. The van der Waals surface area contributed by atoms with Gasteiger partial charge in [0.25, 0.3) is 0 Å². The lowest BCUT2D eigenvalue weighted by Gasteiger charge is -2.04. The van der Waals surface area contributed by atoms with Crippen LogP contribution in [0.5, 0.6) is 0 Å². The second-order valence-electron chi connectivity index (χ2n) is 3.34. The van der Waals surface area contributed by atoms with Crippen LogP contribution in [0.1, 0.15) is 19.7 Å². The molecule has 1 N–H and O–H groups in total. The molecule has 0 radical (unpaired) electrons. The monoisotopic (exact) mass is 208 g/mol. The van der Waals surface area contributed by atoms with Gasteiger partial charge in [-0.1, -0.05) is 13.8 Å². The fourth-order valence-electron chi connectivity index (χ4n) is 1.22. The predicted molar refractivity (Wildman–Crippen MR) is 57.4 cm³/mol. The van der Waals surface area contributed by atoms with E-state index in [0.29, 0.717) is 5.25 Å². The first-order chi connectivity index (χ1) is 6.66. The Kier molecular flexibility index (Phi) is 2.41. The van der Waals surface area contributed by atoms with Crippen LogP contribution >= 0.6 is 11.8 Å². The van der Waals surface area contributed by atoms with Gasteiger partial charge in [-0.05, 0) is 6.92 Å². The molecule has 2 heterocycles. The number of aromatic nitrogens is 4. The maximum atomic E-state index is 4.39. The zero-order valence-corrected chi connectivity index (χ0v) is 9.22. The van der Waals surface area contributed by atoms with Crippen LogP contribution in [-0.2, 0) is 0 Å². The molecule has 0 fully saturated rings. The smallest absolute Gasteiger partial charge is 0.181 e. The van der Waals surface area contributed by atoms with Gasteiger partial charge in [-0.2, -0.15) is 0 Å². The fourth-order valence-corrected chi connectivity index (χ4v) is 2.12. The van der Waals surface area contributed by atoms with Crippen LogP contribution < -0.4 is 0 Å². The van der Waals surface area contributed by atoms with Crippen LogP contribution in [0.25, 0.3) is 11.2 Å². The lowest BCUT2D eigenvalue weighted by atomic mass is 10.5. The van der Waals surface area contributed by atoms with Crippen LogP contribution in [0.2, 0.25) is 0 Å². The van der Waals surface area contributed by atoms with E-state index in [0.717, 1.165) is 22.0 Å². The Bertz CT molecular complexity index is 449. The number of imidazole rings is 1. The Morgan fingerprint density at radius 3 is 2.86 bits per heavy atom. The maximum absolute atomic E-state index is 4.39. The summed E-state index contributed by atoms with van der Waals surface area (Å²) in [4.78, 5) is 15.8. The molecule has 0 atom stereocenters. The second-order valence-corrected chi connectivity index (χ2v) is 4.91. The van der Waals surface area contributed by atoms with Crippen molar-refractivity contribution in [2.45, 2.75) is 31.0 Å². The normalized spacial score (nSPS) is 11.4. The molecule has 2 rings (SSSR count). The number of nitrogens with zero attached hydrogens (tertiary/aromatic N) is 3. The number of H-pyrrole nitrogens is 1. The number of aromatic amines is 1. The zero-order valence-electron chi connectivity index (χ0n) is 8.40. The molecule has 14 heavy (non-hydrogen) atoms. The van der Waals surface area contributed by atoms with Gasteiger partial charge in [0.1, 0.15) is 16.4 Å². The molecule has 0 aliphatic rings. The Morgan fingerprint density at radius 1 is 1.36 bits per heavy atom. The molecule has 74 valence electrons. The Hall–Kier alpha value is -1.10. The number of fused-ring (bicyclic) bond motifs is 1. The molecular formula is C9H12N4S. The number of nitrogens with one attached hydrogen (secondary N) is 1. The lowest BCUT2D eigenvalue weighted by Crippen LogP contribution is -1.95. The predicted octanol–water partition coefficient (Wildman–Crippen LogP) is 2.16.